The average molecular weight is 250 g/mol. The van der Waals surface area contributed by atoms with Crippen LogP contribution >= 0.6 is 11.6 Å². The molecule has 0 atom stereocenters. The highest BCUT2D eigenvalue weighted by molar-refractivity contribution is 6.30. The molecule has 0 fully saturated rings. The van der Waals surface area contributed by atoms with Crippen LogP contribution in [-0.4, -0.2) is 5.91 Å². The number of carbonyl (C=O) groups excluding carboxylic acids is 1. The Bertz CT molecular complexity index is 539. The maximum Gasteiger partial charge on any atom is 0.255 e. The van der Waals surface area contributed by atoms with Crippen LogP contribution in [0.25, 0.3) is 0 Å². The lowest BCUT2D eigenvalue weighted by Crippen LogP contribution is -2.12. The van der Waals surface area contributed by atoms with Gasteiger partial charge in [-0.2, -0.15) is 0 Å². The zero-order valence-corrected chi connectivity index (χ0v) is 9.54. The van der Waals surface area contributed by atoms with Gasteiger partial charge in [0.25, 0.3) is 5.91 Å². The van der Waals surface area contributed by atoms with Crippen molar-refractivity contribution in [3.05, 3.63) is 64.9 Å². The summed E-state index contributed by atoms with van der Waals surface area (Å²) in [7, 11) is 0. The second-order valence-corrected chi connectivity index (χ2v) is 3.88. The van der Waals surface area contributed by atoms with Crippen LogP contribution in [0.15, 0.2) is 48.5 Å². The third-order valence-electron chi connectivity index (χ3n) is 2.23. The van der Waals surface area contributed by atoms with Gasteiger partial charge in [-0.3, -0.25) is 4.79 Å². The minimum absolute atomic E-state index is 0.160. The number of halogens is 2. The maximum atomic E-state index is 13.3. The summed E-state index contributed by atoms with van der Waals surface area (Å²) < 4.78 is 13.3. The molecule has 0 saturated carbocycles. The largest absolute Gasteiger partial charge is 0.319 e. The highest BCUT2D eigenvalue weighted by Gasteiger charge is 2.08. The van der Waals surface area contributed by atoms with E-state index in [1.807, 2.05) is 0 Å². The van der Waals surface area contributed by atoms with Gasteiger partial charge in [-0.05, 0) is 36.4 Å². The number of hydrogen-bond donors (Lipinski definition) is 1. The fourth-order valence-electron chi connectivity index (χ4n) is 1.36. The summed E-state index contributed by atoms with van der Waals surface area (Å²) in [6.07, 6.45) is 0. The van der Waals surface area contributed by atoms with Gasteiger partial charge < -0.3 is 5.32 Å². The molecule has 1 N–H and O–H groups in total. The quantitative estimate of drug-likeness (QED) is 0.863. The molecule has 0 unspecified atom stereocenters. The summed E-state index contributed by atoms with van der Waals surface area (Å²) in [4.78, 5) is 11.8. The zero-order valence-electron chi connectivity index (χ0n) is 8.78. The first-order chi connectivity index (χ1) is 8.16. The van der Waals surface area contributed by atoms with Gasteiger partial charge in [-0.1, -0.05) is 23.7 Å². The molecule has 86 valence electrons. The Labute approximate surface area is 103 Å². The minimum Gasteiger partial charge on any atom is -0.319 e. The molecule has 2 rings (SSSR count). The highest BCUT2D eigenvalue weighted by atomic mass is 35.5. The minimum atomic E-state index is -0.463. The van der Waals surface area contributed by atoms with Crippen molar-refractivity contribution < 1.29 is 9.18 Å². The fraction of sp³-hybridized carbons (Fsp3) is 0. The zero-order chi connectivity index (χ0) is 12.3. The van der Waals surface area contributed by atoms with E-state index < -0.39 is 5.82 Å². The second-order valence-electron chi connectivity index (χ2n) is 3.44. The van der Waals surface area contributed by atoms with E-state index >= 15 is 0 Å². The van der Waals surface area contributed by atoms with Crippen molar-refractivity contribution in [3.8, 4) is 0 Å². The van der Waals surface area contributed by atoms with E-state index in [1.165, 1.54) is 12.1 Å². The van der Waals surface area contributed by atoms with Gasteiger partial charge in [0.15, 0.2) is 0 Å². The molecule has 0 heterocycles. The molecule has 0 radical (unpaired) electrons. The van der Waals surface area contributed by atoms with Crippen LogP contribution in [0.5, 0.6) is 0 Å². The standard InChI is InChI=1S/C13H9ClFNO/c14-10-7-5-9(6-8-10)13(17)16-12-4-2-1-3-11(12)15/h1-8H,(H,16,17). The number of benzene rings is 2. The molecule has 0 spiro atoms. The van der Waals surface area contributed by atoms with Gasteiger partial charge in [-0.15, -0.1) is 0 Å². The van der Waals surface area contributed by atoms with Gasteiger partial charge in [0.05, 0.1) is 5.69 Å². The maximum absolute atomic E-state index is 13.3. The van der Waals surface area contributed by atoms with Crippen LogP contribution in [0.4, 0.5) is 10.1 Å². The summed E-state index contributed by atoms with van der Waals surface area (Å²) >= 11 is 5.71. The monoisotopic (exact) mass is 249 g/mol. The van der Waals surface area contributed by atoms with E-state index in [9.17, 15) is 9.18 Å². The normalized spacial score (nSPS) is 10.0. The van der Waals surface area contributed by atoms with E-state index in [4.69, 9.17) is 11.6 Å². The molecule has 17 heavy (non-hydrogen) atoms. The summed E-state index contributed by atoms with van der Waals surface area (Å²) in [6, 6.07) is 12.4. The molecule has 2 aromatic carbocycles. The predicted octanol–water partition coefficient (Wildman–Crippen LogP) is 3.73. The van der Waals surface area contributed by atoms with Crippen LogP contribution in [0.3, 0.4) is 0 Å². The van der Waals surface area contributed by atoms with Gasteiger partial charge >= 0.3 is 0 Å². The van der Waals surface area contributed by atoms with E-state index in [2.05, 4.69) is 5.32 Å². The van der Waals surface area contributed by atoms with E-state index in [1.54, 1.807) is 36.4 Å². The molecule has 0 saturated heterocycles. The second kappa shape index (κ2) is 4.97. The van der Waals surface area contributed by atoms with Crippen LogP contribution in [0.1, 0.15) is 10.4 Å². The Morgan fingerprint density at radius 1 is 1.06 bits per heavy atom. The van der Waals surface area contributed by atoms with E-state index in [-0.39, 0.29) is 11.6 Å². The number of amides is 1. The van der Waals surface area contributed by atoms with Crippen molar-refractivity contribution >= 4 is 23.2 Å². The molecule has 0 aromatic heterocycles. The molecule has 1 amide bonds. The Kier molecular flexibility index (Phi) is 3.40. The Morgan fingerprint density at radius 3 is 2.35 bits per heavy atom. The number of para-hydroxylation sites is 1. The average Bonchev–Trinajstić information content (AvgIpc) is 2.33. The molecule has 2 aromatic rings. The van der Waals surface area contributed by atoms with E-state index in [0.717, 1.165) is 0 Å². The number of carbonyl (C=O) groups is 1. The van der Waals surface area contributed by atoms with Crippen LogP contribution in [-0.2, 0) is 0 Å². The Hall–Kier alpha value is -1.87. The predicted molar refractivity (Wildman–Crippen MR) is 65.8 cm³/mol. The summed E-state index contributed by atoms with van der Waals surface area (Å²) in [5.74, 6) is -0.832. The summed E-state index contributed by atoms with van der Waals surface area (Å²) in [5.41, 5.74) is 0.588. The van der Waals surface area contributed by atoms with Crippen molar-refractivity contribution in [2.45, 2.75) is 0 Å². The van der Waals surface area contributed by atoms with Crippen LogP contribution < -0.4 is 5.32 Å². The molecule has 0 aliphatic rings. The molecule has 2 nitrogen and oxygen atoms in total. The highest BCUT2D eigenvalue weighted by Crippen LogP contribution is 2.15. The molecular weight excluding hydrogens is 241 g/mol. The number of nitrogens with one attached hydrogen (secondary N) is 1. The smallest absolute Gasteiger partial charge is 0.255 e. The van der Waals surface area contributed by atoms with Gasteiger partial charge in [0.2, 0.25) is 0 Å². The molecule has 4 heteroatoms. The Balaban J connectivity index is 2.17. The van der Waals surface area contributed by atoms with Crippen molar-refractivity contribution in [1.29, 1.82) is 0 Å². The lowest BCUT2D eigenvalue weighted by Gasteiger charge is -2.05. The first kappa shape index (κ1) is 11.6. The number of hydrogen-bond acceptors (Lipinski definition) is 1. The summed E-state index contributed by atoms with van der Waals surface area (Å²) in [6.45, 7) is 0. The molecule has 0 aliphatic heterocycles. The fourth-order valence-corrected chi connectivity index (χ4v) is 1.48. The topological polar surface area (TPSA) is 29.1 Å². The van der Waals surface area contributed by atoms with Gasteiger partial charge in [0, 0.05) is 10.6 Å². The van der Waals surface area contributed by atoms with Crippen molar-refractivity contribution in [1.82, 2.24) is 0 Å². The molecular formula is C13H9ClFNO. The summed E-state index contributed by atoms with van der Waals surface area (Å²) in [5, 5.41) is 3.04. The van der Waals surface area contributed by atoms with Gasteiger partial charge in [-0.25, -0.2) is 4.39 Å². The van der Waals surface area contributed by atoms with Crippen molar-refractivity contribution in [2.24, 2.45) is 0 Å². The number of rotatable bonds is 2. The Morgan fingerprint density at radius 2 is 1.71 bits per heavy atom. The third-order valence-corrected chi connectivity index (χ3v) is 2.48. The lowest BCUT2D eigenvalue weighted by molar-refractivity contribution is 0.102. The van der Waals surface area contributed by atoms with Crippen LogP contribution in [0, 0.1) is 5.82 Å². The first-order valence-electron chi connectivity index (χ1n) is 4.98. The third kappa shape index (κ3) is 2.82. The van der Waals surface area contributed by atoms with Crippen LogP contribution in [0.2, 0.25) is 5.02 Å². The lowest BCUT2D eigenvalue weighted by atomic mass is 10.2. The van der Waals surface area contributed by atoms with Crippen molar-refractivity contribution in [3.63, 3.8) is 0 Å². The molecule has 0 bridgehead atoms. The first-order valence-corrected chi connectivity index (χ1v) is 5.36. The van der Waals surface area contributed by atoms with Crippen molar-refractivity contribution in [2.75, 3.05) is 5.32 Å². The number of anilines is 1. The SMILES string of the molecule is O=C(Nc1ccccc1F)c1ccc(Cl)cc1. The van der Waals surface area contributed by atoms with Gasteiger partial charge in [0.1, 0.15) is 5.82 Å². The molecule has 0 aliphatic carbocycles. The van der Waals surface area contributed by atoms with E-state index in [0.29, 0.717) is 10.6 Å².